The number of furan rings is 1. The van der Waals surface area contributed by atoms with Crippen LogP contribution in [0.1, 0.15) is 5.56 Å². The van der Waals surface area contributed by atoms with Gasteiger partial charge in [0, 0.05) is 17.1 Å². The number of aliphatic carboxylic acids is 1. The molecule has 1 fully saturated rings. The quantitative estimate of drug-likeness (QED) is 0.309. The third kappa shape index (κ3) is 3.97. The number of para-hydroxylation sites is 2. The first kappa shape index (κ1) is 21.9. The standard InChI is InChI=1S/C24H17N3O5S2/c1-31-17-9-5-6-14-10-18(32-22(14)17)21-15(12-27(25-21)16-7-3-2-4-8-16)11-19-23(30)26(13-20(28)29)24(33)34-19/h2-12H,13H2,1H3,(H,28,29). The summed E-state index contributed by atoms with van der Waals surface area (Å²) in [6, 6.07) is 17.0. The number of thioether (sulfide) groups is 1. The van der Waals surface area contributed by atoms with E-state index in [4.69, 9.17) is 31.6 Å². The molecule has 1 aliphatic rings. The molecule has 4 aromatic rings. The summed E-state index contributed by atoms with van der Waals surface area (Å²) >= 11 is 6.28. The van der Waals surface area contributed by atoms with Gasteiger partial charge in [-0.1, -0.05) is 54.3 Å². The van der Waals surface area contributed by atoms with Gasteiger partial charge in [0.15, 0.2) is 17.1 Å². The maximum Gasteiger partial charge on any atom is 0.323 e. The van der Waals surface area contributed by atoms with E-state index in [0.29, 0.717) is 33.3 Å². The van der Waals surface area contributed by atoms with Crippen molar-refractivity contribution in [3.63, 3.8) is 0 Å². The van der Waals surface area contributed by atoms with Gasteiger partial charge < -0.3 is 14.3 Å². The fourth-order valence-corrected chi connectivity index (χ4v) is 4.87. The maximum absolute atomic E-state index is 12.8. The highest BCUT2D eigenvalue weighted by atomic mass is 32.2. The number of carboxylic acid groups (broad SMARTS) is 1. The fraction of sp³-hybridized carbons (Fsp3) is 0.0833. The highest BCUT2D eigenvalue weighted by molar-refractivity contribution is 8.26. The van der Waals surface area contributed by atoms with E-state index in [2.05, 4.69) is 0 Å². The predicted octanol–water partition coefficient (Wildman–Crippen LogP) is 4.58. The zero-order chi connectivity index (χ0) is 23.8. The summed E-state index contributed by atoms with van der Waals surface area (Å²) in [5, 5.41) is 14.7. The molecule has 0 aliphatic carbocycles. The summed E-state index contributed by atoms with van der Waals surface area (Å²) in [6.45, 7) is -0.485. The van der Waals surface area contributed by atoms with Crippen molar-refractivity contribution < 1.29 is 23.8 Å². The monoisotopic (exact) mass is 491 g/mol. The predicted molar refractivity (Wildman–Crippen MR) is 133 cm³/mol. The van der Waals surface area contributed by atoms with Gasteiger partial charge >= 0.3 is 5.97 Å². The van der Waals surface area contributed by atoms with Crippen molar-refractivity contribution in [2.75, 3.05) is 13.7 Å². The van der Waals surface area contributed by atoms with Crippen molar-refractivity contribution in [3.05, 3.63) is 71.3 Å². The van der Waals surface area contributed by atoms with Gasteiger partial charge in [-0.2, -0.15) is 5.10 Å². The zero-order valence-corrected chi connectivity index (χ0v) is 19.4. The number of rotatable bonds is 6. The van der Waals surface area contributed by atoms with Crippen molar-refractivity contribution in [1.82, 2.24) is 14.7 Å². The number of carboxylic acids is 1. The fourth-order valence-electron chi connectivity index (χ4n) is 3.62. The molecule has 0 bridgehead atoms. The van der Waals surface area contributed by atoms with Crippen LogP contribution < -0.4 is 4.74 Å². The molecular formula is C24H17N3O5S2. The third-order valence-corrected chi connectivity index (χ3v) is 6.56. The molecule has 5 rings (SSSR count). The number of carbonyl (C=O) groups is 2. The van der Waals surface area contributed by atoms with E-state index in [1.165, 1.54) is 0 Å². The molecule has 1 amide bonds. The lowest BCUT2D eigenvalue weighted by Crippen LogP contribution is -2.33. The van der Waals surface area contributed by atoms with Gasteiger partial charge in [0.05, 0.1) is 17.7 Å². The van der Waals surface area contributed by atoms with Crippen LogP contribution in [0.3, 0.4) is 0 Å². The number of aromatic nitrogens is 2. The van der Waals surface area contributed by atoms with Crippen molar-refractivity contribution in [2.45, 2.75) is 0 Å². The van der Waals surface area contributed by atoms with E-state index < -0.39 is 18.4 Å². The van der Waals surface area contributed by atoms with Crippen LogP contribution in [0.15, 0.2) is 70.1 Å². The number of thiocarbonyl (C=S) groups is 1. The normalized spacial score (nSPS) is 15.0. The molecule has 170 valence electrons. The number of amides is 1. The van der Waals surface area contributed by atoms with E-state index in [0.717, 1.165) is 27.7 Å². The summed E-state index contributed by atoms with van der Waals surface area (Å²) in [5.74, 6) is -0.489. The first-order chi connectivity index (χ1) is 16.4. The van der Waals surface area contributed by atoms with E-state index in [9.17, 15) is 9.59 Å². The van der Waals surface area contributed by atoms with Crippen LogP contribution in [0, 0.1) is 0 Å². The molecule has 1 aliphatic heterocycles. The lowest BCUT2D eigenvalue weighted by Gasteiger charge is -2.10. The van der Waals surface area contributed by atoms with E-state index >= 15 is 0 Å². The van der Waals surface area contributed by atoms with E-state index in [-0.39, 0.29) is 4.32 Å². The van der Waals surface area contributed by atoms with Crippen molar-refractivity contribution in [3.8, 4) is 22.9 Å². The highest BCUT2D eigenvalue weighted by Crippen LogP contribution is 2.37. The summed E-state index contributed by atoms with van der Waals surface area (Å²) in [7, 11) is 1.58. The van der Waals surface area contributed by atoms with Crippen molar-refractivity contribution in [1.29, 1.82) is 0 Å². The Hall–Kier alpha value is -3.89. The number of carbonyl (C=O) groups excluding carboxylic acids is 1. The SMILES string of the molecule is COc1cccc2cc(-c3nn(-c4ccccc4)cc3C=C3SC(=S)N(CC(=O)O)C3=O)oc12. The van der Waals surface area contributed by atoms with Crippen LogP contribution in [-0.2, 0) is 9.59 Å². The topological polar surface area (TPSA) is 97.8 Å². The number of nitrogens with zero attached hydrogens (tertiary/aromatic N) is 3. The second-order valence-corrected chi connectivity index (χ2v) is 9.04. The molecule has 1 N–H and O–H groups in total. The molecule has 10 heteroatoms. The Morgan fingerprint density at radius 2 is 2.03 bits per heavy atom. The number of benzene rings is 2. The minimum atomic E-state index is -1.13. The van der Waals surface area contributed by atoms with Gasteiger partial charge in [0.2, 0.25) is 0 Å². The second-order valence-electron chi connectivity index (χ2n) is 7.36. The number of fused-ring (bicyclic) bond motifs is 1. The lowest BCUT2D eigenvalue weighted by molar-refractivity contribution is -0.140. The Morgan fingerprint density at radius 3 is 2.76 bits per heavy atom. The summed E-state index contributed by atoms with van der Waals surface area (Å²) in [5.41, 5.74) is 2.56. The first-order valence-electron chi connectivity index (χ1n) is 10.1. The summed E-state index contributed by atoms with van der Waals surface area (Å²) in [6.07, 6.45) is 3.45. The van der Waals surface area contributed by atoms with E-state index in [1.54, 1.807) is 24.1 Å². The van der Waals surface area contributed by atoms with Crippen LogP contribution in [0.25, 0.3) is 34.2 Å². The van der Waals surface area contributed by atoms with Gasteiger partial charge in [-0.05, 0) is 30.3 Å². The summed E-state index contributed by atoms with van der Waals surface area (Å²) < 4.78 is 13.4. The highest BCUT2D eigenvalue weighted by Gasteiger charge is 2.34. The zero-order valence-electron chi connectivity index (χ0n) is 17.8. The Labute approximate surface area is 203 Å². The second kappa shape index (κ2) is 8.81. The Morgan fingerprint density at radius 1 is 1.24 bits per heavy atom. The molecular weight excluding hydrogens is 474 g/mol. The van der Waals surface area contributed by atoms with Crippen LogP contribution in [0.2, 0.25) is 0 Å². The van der Waals surface area contributed by atoms with Gasteiger partial charge in [0.1, 0.15) is 16.6 Å². The molecule has 34 heavy (non-hydrogen) atoms. The Bertz CT molecular complexity index is 1470. The average molecular weight is 492 g/mol. The Kier molecular flexibility index (Phi) is 5.68. The molecule has 2 aromatic carbocycles. The number of hydrogen-bond acceptors (Lipinski definition) is 7. The average Bonchev–Trinajstić information content (AvgIpc) is 3.52. The van der Waals surface area contributed by atoms with Crippen LogP contribution in [-0.4, -0.2) is 49.6 Å². The molecule has 0 radical (unpaired) electrons. The van der Waals surface area contributed by atoms with Gasteiger partial charge in [-0.3, -0.25) is 14.5 Å². The number of methoxy groups -OCH3 is 1. The van der Waals surface area contributed by atoms with Crippen LogP contribution in [0.4, 0.5) is 0 Å². The summed E-state index contributed by atoms with van der Waals surface area (Å²) in [4.78, 5) is 25.3. The molecule has 2 aromatic heterocycles. The molecule has 1 saturated heterocycles. The van der Waals surface area contributed by atoms with Crippen molar-refractivity contribution >= 4 is 57.2 Å². The van der Waals surface area contributed by atoms with Gasteiger partial charge in [0.25, 0.3) is 5.91 Å². The molecule has 3 heterocycles. The molecule has 0 saturated carbocycles. The van der Waals surface area contributed by atoms with E-state index in [1.807, 2.05) is 54.6 Å². The van der Waals surface area contributed by atoms with Crippen LogP contribution in [0.5, 0.6) is 5.75 Å². The van der Waals surface area contributed by atoms with Crippen molar-refractivity contribution in [2.24, 2.45) is 0 Å². The smallest absolute Gasteiger partial charge is 0.323 e. The maximum atomic E-state index is 12.8. The minimum absolute atomic E-state index is 0.198. The molecule has 0 atom stereocenters. The molecule has 0 spiro atoms. The number of hydrogen-bond donors (Lipinski definition) is 1. The van der Waals surface area contributed by atoms with Crippen LogP contribution >= 0.6 is 24.0 Å². The van der Waals surface area contributed by atoms with Gasteiger partial charge in [-0.25, -0.2) is 4.68 Å². The first-order valence-corrected chi connectivity index (χ1v) is 11.4. The number of ether oxygens (including phenoxy) is 1. The third-order valence-electron chi connectivity index (χ3n) is 5.18. The Balaban J connectivity index is 1.63. The minimum Gasteiger partial charge on any atom is -0.493 e. The largest absolute Gasteiger partial charge is 0.493 e. The van der Waals surface area contributed by atoms with Gasteiger partial charge in [-0.15, -0.1) is 0 Å². The lowest BCUT2D eigenvalue weighted by atomic mass is 10.1. The molecule has 0 unspecified atom stereocenters. The molecule has 8 nitrogen and oxygen atoms in total.